The fraction of sp³-hybridized carbons (Fsp3) is 0.325. The molecule has 3 N–H and O–H groups in total. The van der Waals surface area contributed by atoms with Crippen LogP contribution in [0.15, 0.2) is 114 Å². The van der Waals surface area contributed by atoms with Gasteiger partial charge in [0.25, 0.3) is 14.2 Å². The minimum atomic E-state index is -2.76. The van der Waals surface area contributed by atoms with Gasteiger partial charge >= 0.3 is 5.97 Å². The number of carbonyl (C=O) groups is 2. The average Bonchev–Trinajstić information content (AvgIpc) is 3.54. The van der Waals surface area contributed by atoms with Crippen molar-refractivity contribution >= 4 is 47.4 Å². The highest BCUT2D eigenvalue weighted by Crippen LogP contribution is 2.51. The van der Waals surface area contributed by atoms with Gasteiger partial charge in [0.2, 0.25) is 0 Å². The molecular weight excluding hydrogens is 701 g/mol. The quantitative estimate of drug-likeness (QED) is 0.152. The van der Waals surface area contributed by atoms with Crippen LogP contribution in [0.5, 0.6) is 0 Å². The molecule has 0 unspecified atom stereocenters. The van der Waals surface area contributed by atoms with Crippen molar-refractivity contribution in [1.82, 2.24) is 5.01 Å². The first-order chi connectivity index (χ1) is 24.7. The van der Waals surface area contributed by atoms with Crippen LogP contribution in [0.1, 0.15) is 58.6 Å². The molecule has 52 heavy (non-hydrogen) atoms. The number of hydrogen-bond acceptors (Lipinski definition) is 7. The molecule has 1 amide bonds. The second kappa shape index (κ2) is 17.5. The maximum Gasteiger partial charge on any atom is 0.331 e. The van der Waals surface area contributed by atoms with Gasteiger partial charge in [-0.3, -0.25) is 4.79 Å². The predicted octanol–water partition coefficient (Wildman–Crippen LogP) is 6.86. The van der Waals surface area contributed by atoms with Crippen molar-refractivity contribution in [2.75, 3.05) is 13.7 Å². The smallest absolute Gasteiger partial charge is 0.331 e. The minimum Gasteiger partial charge on any atom is -0.479 e. The number of aliphatic carboxylic acids is 1. The SMILES string of the molecule is CO[C@H](C)C(=O)N1N=C(c2cc(F)ccc2F)S[C@@]1(CCCN)c1ccccc1.C[C@H](O[Si](c1ccccc1)(c1ccccc1)C(C)(C)C)C(=O)O. The van der Waals surface area contributed by atoms with Crippen molar-refractivity contribution in [2.45, 2.75) is 69.6 Å². The summed E-state index contributed by atoms with van der Waals surface area (Å²) in [6.45, 7) is 10.1. The first-order valence-electron chi connectivity index (χ1n) is 17.1. The van der Waals surface area contributed by atoms with Gasteiger partial charge in [-0.05, 0) is 72.4 Å². The topological polar surface area (TPSA) is 114 Å². The standard InChI is InChI=1S/C21H23F2N3O2S.C19H24O3Si/c1-14(28-2)20(27)26-21(11-6-12-24,15-7-4-3-5-8-15)29-19(25-26)17-13-16(22)9-10-18(17)23;1-15(18(20)21)22-23(19(2,3)4,16-11-7-5-8-12-16)17-13-9-6-10-14-17/h3-5,7-10,13-14H,6,11-12,24H2,1-2H3;5-15H,1-4H3,(H,20,21)/t14-,21+;15-/m10/s1. The molecule has 0 aliphatic carbocycles. The number of amides is 1. The third kappa shape index (κ3) is 8.70. The number of thioether (sulfide) groups is 1. The number of nitrogens with two attached hydrogens (primary N) is 1. The average molecular weight is 748 g/mol. The van der Waals surface area contributed by atoms with Crippen LogP contribution in [0.25, 0.3) is 0 Å². The Morgan fingerprint density at radius 1 is 0.904 bits per heavy atom. The highest BCUT2D eigenvalue weighted by Gasteiger charge is 2.52. The maximum atomic E-state index is 14.5. The molecule has 5 rings (SSSR count). The number of carboxylic acids is 1. The van der Waals surface area contributed by atoms with E-state index in [0.29, 0.717) is 19.4 Å². The van der Waals surface area contributed by atoms with Gasteiger partial charge in [0.1, 0.15) is 33.8 Å². The molecule has 12 heteroatoms. The van der Waals surface area contributed by atoms with E-state index in [0.717, 1.165) is 34.1 Å². The molecule has 4 aromatic rings. The normalized spacial score (nSPS) is 17.1. The zero-order valence-corrected chi connectivity index (χ0v) is 32.2. The summed E-state index contributed by atoms with van der Waals surface area (Å²) >= 11 is 1.23. The molecule has 0 saturated carbocycles. The van der Waals surface area contributed by atoms with Crippen LogP contribution in [0, 0.1) is 11.6 Å². The summed E-state index contributed by atoms with van der Waals surface area (Å²) in [6, 6.07) is 32.7. The molecule has 4 aromatic carbocycles. The Kier molecular flexibility index (Phi) is 13.7. The molecule has 0 saturated heterocycles. The lowest BCUT2D eigenvalue weighted by atomic mass is 10.00. The number of methoxy groups -OCH3 is 1. The number of ether oxygens (including phenoxy) is 1. The van der Waals surface area contributed by atoms with Crippen LogP contribution in [-0.2, 0) is 23.6 Å². The molecule has 0 fully saturated rings. The van der Waals surface area contributed by atoms with Crippen LogP contribution in [0.4, 0.5) is 8.78 Å². The summed E-state index contributed by atoms with van der Waals surface area (Å²) in [5, 5.41) is 17.4. The van der Waals surface area contributed by atoms with Crippen molar-refractivity contribution in [3.05, 3.63) is 132 Å². The lowest BCUT2D eigenvalue weighted by Gasteiger charge is -2.44. The summed E-state index contributed by atoms with van der Waals surface area (Å²) in [4.78, 5) is 23.7. The Labute approximate surface area is 310 Å². The Balaban J connectivity index is 0.000000239. The van der Waals surface area contributed by atoms with Gasteiger partial charge in [0.05, 0.1) is 0 Å². The lowest BCUT2D eigenvalue weighted by Crippen LogP contribution is -2.68. The summed E-state index contributed by atoms with van der Waals surface area (Å²) < 4.78 is 39.9. The number of halogens is 2. The number of rotatable bonds is 12. The highest BCUT2D eigenvalue weighted by atomic mass is 32.2. The monoisotopic (exact) mass is 747 g/mol. The predicted molar refractivity (Wildman–Crippen MR) is 206 cm³/mol. The first-order valence-corrected chi connectivity index (χ1v) is 19.8. The summed E-state index contributed by atoms with van der Waals surface area (Å²) in [6.07, 6.45) is -0.510. The van der Waals surface area contributed by atoms with Crippen LogP contribution < -0.4 is 16.1 Å². The van der Waals surface area contributed by atoms with E-state index in [4.69, 9.17) is 14.9 Å². The van der Waals surface area contributed by atoms with Gasteiger partial charge in [0.15, 0.2) is 0 Å². The molecule has 3 atom stereocenters. The van der Waals surface area contributed by atoms with Gasteiger partial charge in [-0.25, -0.2) is 18.6 Å². The lowest BCUT2D eigenvalue weighted by molar-refractivity contribution is -0.145. The maximum absolute atomic E-state index is 14.5. The van der Waals surface area contributed by atoms with E-state index in [9.17, 15) is 23.5 Å². The van der Waals surface area contributed by atoms with Crippen molar-refractivity contribution in [3.63, 3.8) is 0 Å². The molecule has 8 nitrogen and oxygen atoms in total. The molecule has 1 aliphatic heterocycles. The van der Waals surface area contributed by atoms with Crippen LogP contribution in [-0.4, -0.2) is 61.2 Å². The number of nitrogens with zero attached hydrogens (tertiary/aromatic N) is 2. The van der Waals surface area contributed by atoms with E-state index in [1.54, 1.807) is 13.8 Å². The third-order valence-electron chi connectivity index (χ3n) is 8.93. The number of carboxylic acid groups (broad SMARTS) is 1. The Morgan fingerprint density at radius 2 is 1.44 bits per heavy atom. The number of hydrogen-bond donors (Lipinski definition) is 2. The van der Waals surface area contributed by atoms with E-state index in [2.05, 4.69) is 50.1 Å². The van der Waals surface area contributed by atoms with Gasteiger partial charge in [-0.15, -0.1) is 0 Å². The number of hydrazone groups is 1. The van der Waals surface area contributed by atoms with Gasteiger partial charge < -0.3 is 20.0 Å². The van der Waals surface area contributed by atoms with Crippen LogP contribution in [0.2, 0.25) is 5.04 Å². The fourth-order valence-electron chi connectivity index (χ4n) is 6.20. The van der Waals surface area contributed by atoms with Crippen molar-refractivity contribution in [1.29, 1.82) is 0 Å². The van der Waals surface area contributed by atoms with E-state index in [1.165, 1.54) is 23.9 Å². The molecule has 276 valence electrons. The largest absolute Gasteiger partial charge is 0.479 e. The zero-order valence-electron chi connectivity index (χ0n) is 30.4. The molecule has 0 spiro atoms. The minimum absolute atomic E-state index is 0.0171. The first kappa shape index (κ1) is 40.6. The number of carbonyl (C=O) groups excluding carboxylic acids is 1. The molecule has 1 heterocycles. The van der Waals surface area contributed by atoms with Crippen molar-refractivity contribution < 1.29 is 32.6 Å². The zero-order chi connectivity index (χ0) is 38.1. The summed E-state index contributed by atoms with van der Waals surface area (Å²) in [5.41, 5.74) is 6.60. The fourth-order valence-corrected chi connectivity index (χ4v) is 12.3. The molecular formula is C40H47F2N3O5SSi. The van der Waals surface area contributed by atoms with Crippen LogP contribution >= 0.6 is 11.8 Å². The van der Waals surface area contributed by atoms with Gasteiger partial charge in [-0.1, -0.05) is 124 Å². The van der Waals surface area contributed by atoms with E-state index in [1.807, 2.05) is 66.7 Å². The highest BCUT2D eigenvalue weighted by molar-refractivity contribution is 8.15. The van der Waals surface area contributed by atoms with E-state index < -0.39 is 43.0 Å². The molecule has 0 aromatic heterocycles. The number of benzene rings is 4. The molecule has 1 aliphatic rings. The van der Waals surface area contributed by atoms with Crippen molar-refractivity contribution in [3.8, 4) is 0 Å². The molecule has 0 radical (unpaired) electrons. The van der Waals surface area contributed by atoms with Gasteiger partial charge in [0, 0.05) is 12.7 Å². The van der Waals surface area contributed by atoms with Gasteiger partial charge in [-0.2, -0.15) is 5.10 Å². The van der Waals surface area contributed by atoms with E-state index in [-0.39, 0.29) is 21.6 Å². The summed E-state index contributed by atoms with van der Waals surface area (Å²) in [7, 11) is -1.32. The second-order valence-corrected chi connectivity index (χ2v) is 19.0. The third-order valence-corrected chi connectivity index (χ3v) is 15.5. The Bertz CT molecular complexity index is 1790. The van der Waals surface area contributed by atoms with Crippen LogP contribution in [0.3, 0.4) is 0 Å². The Morgan fingerprint density at radius 3 is 1.92 bits per heavy atom. The molecule has 0 bridgehead atoms. The second-order valence-electron chi connectivity index (χ2n) is 13.5. The summed E-state index contributed by atoms with van der Waals surface area (Å²) in [5.74, 6) is -2.48. The van der Waals surface area contributed by atoms with Crippen molar-refractivity contribution in [2.24, 2.45) is 10.8 Å². The Hall–Kier alpha value is -4.20. The van der Waals surface area contributed by atoms with E-state index >= 15 is 0 Å².